The number of hydrogen-bond donors (Lipinski definition) is 2. The molecule has 0 spiro atoms. The number of hydrogen-bond acceptors (Lipinski definition) is 3. The number of alkyl carbamates (subject to hydrolysis) is 1. The smallest absolute Gasteiger partial charge is 0.407 e. The highest BCUT2D eigenvalue weighted by Gasteiger charge is 2.24. The van der Waals surface area contributed by atoms with Crippen LogP contribution in [0.1, 0.15) is 52.0 Å². The van der Waals surface area contributed by atoms with E-state index in [1.54, 1.807) is 0 Å². The van der Waals surface area contributed by atoms with Crippen molar-refractivity contribution in [3.63, 3.8) is 0 Å². The predicted octanol–water partition coefficient (Wildman–Crippen LogP) is 5.01. The number of benzene rings is 1. The summed E-state index contributed by atoms with van der Waals surface area (Å²) in [6, 6.07) is 6.99. The summed E-state index contributed by atoms with van der Waals surface area (Å²) in [5, 5.41) is 6.59. The fourth-order valence-electron chi connectivity index (χ4n) is 2.83. The van der Waals surface area contributed by atoms with Crippen LogP contribution in [0.3, 0.4) is 0 Å². The number of aryl methyl sites for hydroxylation is 1. The SMILES string of the molecule is Cc1ccc(Br)c(NC2CCC(NC(=O)OC(C)(C)C)CC2)c1. The van der Waals surface area contributed by atoms with Crippen LogP contribution in [0, 0.1) is 6.92 Å². The summed E-state index contributed by atoms with van der Waals surface area (Å²) in [7, 11) is 0. The molecule has 2 rings (SSSR count). The van der Waals surface area contributed by atoms with E-state index in [-0.39, 0.29) is 12.1 Å². The zero-order valence-corrected chi connectivity index (χ0v) is 16.0. The maximum absolute atomic E-state index is 11.8. The zero-order valence-electron chi connectivity index (χ0n) is 14.4. The van der Waals surface area contributed by atoms with Gasteiger partial charge in [0, 0.05) is 22.2 Å². The molecule has 4 nitrogen and oxygen atoms in total. The largest absolute Gasteiger partial charge is 0.444 e. The van der Waals surface area contributed by atoms with Crippen molar-refractivity contribution in [2.24, 2.45) is 0 Å². The fourth-order valence-corrected chi connectivity index (χ4v) is 3.19. The lowest BCUT2D eigenvalue weighted by molar-refractivity contribution is 0.0492. The second-order valence-electron chi connectivity index (χ2n) is 7.32. The van der Waals surface area contributed by atoms with E-state index in [0.29, 0.717) is 6.04 Å². The molecular weight excluding hydrogens is 356 g/mol. The van der Waals surface area contributed by atoms with Gasteiger partial charge in [0.2, 0.25) is 0 Å². The molecule has 1 amide bonds. The van der Waals surface area contributed by atoms with Gasteiger partial charge >= 0.3 is 6.09 Å². The molecule has 1 saturated carbocycles. The molecule has 0 bridgehead atoms. The van der Waals surface area contributed by atoms with Gasteiger partial charge < -0.3 is 15.4 Å². The number of carbonyl (C=O) groups excluding carboxylic acids is 1. The molecule has 1 aromatic carbocycles. The highest BCUT2D eigenvalue weighted by molar-refractivity contribution is 9.10. The maximum Gasteiger partial charge on any atom is 0.407 e. The molecule has 5 heteroatoms. The molecule has 1 fully saturated rings. The predicted molar refractivity (Wildman–Crippen MR) is 97.9 cm³/mol. The Hall–Kier alpha value is -1.23. The van der Waals surface area contributed by atoms with Crippen LogP contribution in [0.2, 0.25) is 0 Å². The van der Waals surface area contributed by atoms with E-state index < -0.39 is 5.60 Å². The molecule has 0 radical (unpaired) electrons. The van der Waals surface area contributed by atoms with Gasteiger partial charge in [0.25, 0.3) is 0 Å². The van der Waals surface area contributed by atoms with Gasteiger partial charge in [0.05, 0.1) is 0 Å². The zero-order chi connectivity index (χ0) is 17.0. The Kier molecular flexibility index (Phi) is 5.95. The number of nitrogens with one attached hydrogen (secondary N) is 2. The van der Waals surface area contributed by atoms with Crippen LogP contribution in [-0.2, 0) is 4.74 Å². The molecule has 1 aliphatic rings. The maximum atomic E-state index is 11.8. The third-order valence-electron chi connectivity index (χ3n) is 3.93. The topological polar surface area (TPSA) is 50.4 Å². The molecule has 2 N–H and O–H groups in total. The number of rotatable bonds is 3. The molecule has 0 heterocycles. The van der Waals surface area contributed by atoms with Gasteiger partial charge in [0.15, 0.2) is 0 Å². The van der Waals surface area contributed by atoms with Crippen molar-refractivity contribution < 1.29 is 9.53 Å². The van der Waals surface area contributed by atoms with Crippen LogP contribution in [0.4, 0.5) is 10.5 Å². The number of amides is 1. The highest BCUT2D eigenvalue weighted by atomic mass is 79.9. The van der Waals surface area contributed by atoms with Crippen molar-refractivity contribution in [3.05, 3.63) is 28.2 Å². The summed E-state index contributed by atoms with van der Waals surface area (Å²) in [5.74, 6) is 0. The quantitative estimate of drug-likeness (QED) is 0.772. The van der Waals surface area contributed by atoms with Crippen molar-refractivity contribution in [2.45, 2.75) is 71.1 Å². The van der Waals surface area contributed by atoms with E-state index in [4.69, 9.17) is 4.74 Å². The van der Waals surface area contributed by atoms with Gasteiger partial charge in [-0.3, -0.25) is 0 Å². The van der Waals surface area contributed by atoms with Crippen LogP contribution in [0.5, 0.6) is 0 Å². The Labute approximate surface area is 147 Å². The first-order valence-corrected chi connectivity index (χ1v) is 9.04. The average molecular weight is 383 g/mol. The second-order valence-corrected chi connectivity index (χ2v) is 8.18. The van der Waals surface area contributed by atoms with Crippen LogP contribution in [0.25, 0.3) is 0 Å². The lowest BCUT2D eigenvalue weighted by Crippen LogP contribution is -2.42. The first kappa shape index (κ1) is 18.1. The molecule has 23 heavy (non-hydrogen) atoms. The van der Waals surface area contributed by atoms with Crippen molar-refractivity contribution in [3.8, 4) is 0 Å². The average Bonchev–Trinajstić information content (AvgIpc) is 2.43. The summed E-state index contributed by atoms with van der Waals surface area (Å²) >= 11 is 3.59. The third-order valence-corrected chi connectivity index (χ3v) is 4.62. The Morgan fingerprint density at radius 2 is 1.78 bits per heavy atom. The molecule has 1 aromatic rings. The van der Waals surface area contributed by atoms with E-state index in [0.717, 1.165) is 35.8 Å². The summed E-state index contributed by atoms with van der Waals surface area (Å²) in [6.45, 7) is 7.74. The van der Waals surface area contributed by atoms with Crippen LogP contribution >= 0.6 is 15.9 Å². The number of ether oxygens (including phenoxy) is 1. The minimum absolute atomic E-state index is 0.212. The minimum atomic E-state index is -0.444. The van der Waals surface area contributed by atoms with Crippen LogP contribution in [0.15, 0.2) is 22.7 Å². The van der Waals surface area contributed by atoms with Crippen LogP contribution in [-0.4, -0.2) is 23.8 Å². The molecule has 0 saturated heterocycles. The standard InChI is InChI=1S/C18H27BrN2O2/c1-12-5-10-15(19)16(11-12)20-13-6-8-14(9-7-13)21-17(22)23-18(2,3)4/h5,10-11,13-14,20H,6-9H2,1-4H3,(H,21,22). The van der Waals surface area contributed by atoms with Gasteiger partial charge in [-0.15, -0.1) is 0 Å². The normalized spacial score (nSPS) is 21.6. The van der Waals surface area contributed by atoms with E-state index in [2.05, 4.69) is 51.7 Å². The summed E-state index contributed by atoms with van der Waals surface area (Å²) in [5.41, 5.74) is 1.95. The van der Waals surface area contributed by atoms with Crippen molar-refractivity contribution >= 4 is 27.7 Å². The third kappa shape index (κ3) is 6.05. The molecule has 0 atom stereocenters. The molecule has 128 valence electrons. The van der Waals surface area contributed by atoms with E-state index in [1.807, 2.05) is 20.8 Å². The van der Waals surface area contributed by atoms with E-state index in [1.165, 1.54) is 5.56 Å². The first-order valence-electron chi connectivity index (χ1n) is 8.25. The Morgan fingerprint density at radius 1 is 1.17 bits per heavy atom. The summed E-state index contributed by atoms with van der Waals surface area (Å²) in [4.78, 5) is 11.8. The molecular formula is C18H27BrN2O2. The van der Waals surface area contributed by atoms with Gasteiger partial charge in [-0.1, -0.05) is 6.07 Å². The molecule has 0 aromatic heterocycles. The summed E-state index contributed by atoms with van der Waals surface area (Å²) in [6.07, 6.45) is 3.72. The Balaban J connectivity index is 1.80. The molecule has 0 unspecified atom stereocenters. The van der Waals surface area contributed by atoms with Gasteiger partial charge in [-0.2, -0.15) is 0 Å². The number of anilines is 1. The first-order chi connectivity index (χ1) is 10.7. The molecule has 1 aliphatic carbocycles. The van der Waals surface area contributed by atoms with Gasteiger partial charge in [-0.25, -0.2) is 4.79 Å². The van der Waals surface area contributed by atoms with Gasteiger partial charge in [0.1, 0.15) is 5.60 Å². The van der Waals surface area contributed by atoms with E-state index in [9.17, 15) is 4.79 Å². The second kappa shape index (κ2) is 7.56. The summed E-state index contributed by atoms with van der Waals surface area (Å²) < 4.78 is 6.41. The van der Waals surface area contributed by atoms with Crippen LogP contribution < -0.4 is 10.6 Å². The Morgan fingerprint density at radius 3 is 2.39 bits per heavy atom. The molecule has 0 aliphatic heterocycles. The highest BCUT2D eigenvalue weighted by Crippen LogP contribution is 2.28. The minimum Gasteiger partial charge on any atom is -0.444 e. The monoisotopic (exact) mass is 382 g/mol. The Bertz CT molecular complexity index is 546. The van der Waals surface area contributed by atoms with Crippen molar-refractivity contribution in [1.82, 2.24) is 5.32 Å². The lowest BCUT2D eigenvalue weighted by Gasteiger charge is -2.31. The fraction of sp³-hybridized carbons (Fsp3) is 0.611. The lowest BCUT2D eigenvalue weighted by atomic mass is 9.91. The van der Waals surface area contributed by atoms with Crippen molar-refractivity contribution in [1.29, 1.82) is 0 Å². The van der Waals surface area contributed by atoms with E-state index >= 15 is 0 Å². The number of carbonyl (C=O) groups is 1. The van der Waals surface area contributed by atoms with Gasteiger partial charge in [-0.05, 0) is 87.0 Å². The number of halogens is 1. The van der Waals surface area contributed by atoms with Crippen molar-refractivity contribution in [2.75, 3.05) is 5.32 Å².